The molecule has 2 heterocycles. The third kappa shape index (κ3) is 3.95. The molecule has 7 heteroatoms. The van der Waals surface area contributed by atoms with E-state index in [9.17, 15) is 9.59 Å². The molecule has 2 aromatic heterocycles. The minimum absolute atomic E-state index is 0.178. The van der Waals surface area contributed by atoms with Crippen LogP contribution in [0.3, 0.4) is 0 Å². The zero-order valence-electron chi connectivity index (χ0n) is 14.0. The molecule has 0 aliphatic heterocycles. The van der Waals surface area contributed by atoms with E-state index in [1.54, 1.807) is 18.2 Å². The van der Waals surface area contributed by atoms with Crippen LogP contribution in [0.25, 0.3) is 11.5 Å². The predicted octanol–water partition coefficient (Wildman–Crippen LogP) is 2.21. The number of hydrogen-bond acceptors (Lipinski definition) is 5. The molecule has 0 radical (unpaired) electrons. The van der Waals surface area contributed by atoms with E-state index < -0.39 is 0 Å². The molecule has 0 aliphatic rings. The number of nitrogens with one attached hydrogen (secondary N) is 1. The highest BCUT2D eigenvalue weighted by molar-refractivity contribution is 5.90. The van der Waals surface area contributed by atoms with E-state index in [0.717, 1.165) is 10.4 Å². The van der Waals surface area contributed by atoms with Crippen molar-refractivity contribution in [3.05, 3.63) is 65.1 Å². The Bertz CT molecular complexity index is 912. The zero-order chi connectivity index (χ0) is 17.8. The van der Waals surface area contributed by atoms with E-state index in [4.69, 9.17) is 4.42 Å². The highest BCUT2D eigenvalue weighted by Gasteiger charge is 2.10. The van der Waals surface area contributed by atoms with Crippen LogP contribution >= 0.6 is 0 Å². The van der Waals surface area contributed by atoms with Crippen LogP contribution in [0.5, 0.6) is 0 Å². The summed E-state index contributed by atoms with van der Waals surface area (Å²) >= 11 is 0. The Morgan fingerprint density at radius 2 is 1.92 bits per heavy atom. The Morgan fingerprint density at radius 3 is 2.56 bits per heavy atom. The first kappa shape index (κ1) is 16.5. The van der Waals surface area contributed by atoms with Crippen molar-refractivity contribution in [1.82, 2.24) is 9.78 Å². The van der Waals surface area contributed by atoms with Gasteiger partial charge >= 0.3 is 0 Å². The molecule has 0 fully saturated rings. The highest BCUT2D eigenvalue weighted by atomic mass is 16.3. The summed E-state index contributed by atoms with van der Waals surface area (Å²) in [5.74, 6) is 0.206. The van der Waals surface area contributed by atoms with Gasteiger partial charge in [-0.15, -0.1) is 0 Å². The fourth-order valence-corrected chi connectivity index (χ4v) is 2.30. The Kier molecular flexibility index (Phi) is 4.65. The monoisotopic (exact) mass is 338 g/mol. The SMILES string of the molecule is CN(C)c1ccc(NC(=O)Cn2nc(-c3ccco3)ccc2=O)cc1. The van der Waals surface area contributed by atoms with Gasteiger partial charge in [-0.25, -0.2) is 4.68 Å². The zero-order valence-corrected chi connectivity index (χ0v) is 14.0. The van der Waals surface area contributed by atoms with Crippen molar-refractivity contribution >= 4 is 17.3 Å². The Labute approximate surface area is 144 Å². The van der Waals surface area contributed by atoms with Crippen molar-refractivity contribution < 1.29 is 9.21 Å². The second kappa shape index (κ2) is 7.04. The minimum Gasteiger partial charge on any atom is -0.463 e. The van der Waals surface area contributed by atoms with Crippen LogP contribution in [-0.2, 0) is 11.3 Å². The second-order valence-electron chi connectivity index (χ2n) is 5.68. The molecule has 0 atom stereocenters. The lowest BCUT2D eigenvalue weighted by Gasteiger charge is -2.13. The van der Waals surface area contributed by atoms with Gasteiger partial charge in [-0.1, -0.05) is 0 Å². The molecule has 1 N–H and O–H groups in total. The molecule has 1 aromatic carbocycles. The summed E-state index contributed by atoms with van der Waals surface area (Å²) < 4.78 is 6.38. The Morgan fingerprint density at radius 1 is 1.16 bits per heavy atom. The van der Waals surface area contributed by atoms with Gasteiger partial charge in [-0.2, -0.15) is 5.10 Å². The summed E-state index contributed by atoms with van der Waals surface area (Å²) in [4.78, 5) is 26.1. The van der Waals surface area contributed by atoms with Crippen LogP contribution in [0, 0.1) is 0 Å². The van der Waals surface area contributed by atoms with Gasteiger partial charge in [0.2, 0.25) is 5.91 Å². The summed E-state index contributed by atoms with van der Waals surface area (Å²) in [7, 11) is 3.88. The fraction of sp³-hybridized carbons (Fsp3) is 0.167. The number of hydrogen-bond donors (Lipinski definition) is 1. The van der Waals surface area contributed by atoms with Crippen molar-refractivity contribution in [2.75, 3.05) is 24.3 Å². The van der Waals surface area contributed by atoms with Crippen LogP contribution in [0.15, 0.2) is 64.0 Å². The van der Waals surface area contributed by atoms with Crippen molar-refractivity contribution in [3.63, 3.8) is 0 Å². The maximum atomic E-state index is 12.2. The van der Waals surface area contributed by atoms with Crippen molar-refractivity contribution in [3.8, 4) is 11.5 Å². The topological polar surface area (TPSA) is 80.4 Å². The standard InChI is InChI=1S/C18H18N4O3/c1-21(2)14-7-5-13(6-8-14)19-17(23)12-22-18(24)10-9-15(20-22)16-4-3-11-25-16/h3-11H,12H2,1-2H3,(H,19,23). The van der Waals surface area contributed by atoms with E-state index in [1.807, 2.05) is 43.3 Å². The number of benzene rings is 1. The molecule has 0 spiro atoms. The first-order chi connectivity index (χ1) is 12.0. The number of carbonyl (C=O) groups is 1. The van der Waals surface area contributed by atoms with Crippen LogP contribution in [0.4, 0.5) is 11.4 Å². The molecule has 25 heavy (non-hydrogen) atoms. The maximum absolute atomic E-state index is 12.2. The average molecular weight is 338 g/mol. The summed E-state index contributed by atoms with van der Waals surface area (Å²) in [5, 5.41) is 6.93. The molecular weight excluding hydrogens is 320 g/mol. The Hall–Kier alpha value is -3.35. The van der Waals surface area contributed by atoms with Crippen LogP contribution in [-0.4, -0.2) is 29.8 Å². The lowest BCUT2D eigenvalue weighted by atomic mass is 10.2. The van der Waals surface area contributed by atoms with E-state index in [0.29, 0.717) is 17.1 Å². The summed E-state index contributed by atoms with van der Waals surface area (Å²) in [6.45, 7) is -0.178. The third-order valence-corrected chi connectivity index (χ3v) is 3.60. The van der Waals surface area contributed by atoms with Crippen LogP contribution in [0.2, 0.25) is 0 Å². The van der Waals surface area contributed by atoms with E-state index in [1.165, 1.54) is 12.3 Å². The molecule has 0 aliphatic carbocycles. The first-order valence-electron chi connectivity index (χ1n) is 7.72. The number of rotatable bonds is 5. The van der Waals surface area contributed by atoms with Gasteiger partial charge in [-0.05, 0) is 42.5 Å². The summed E-state index contributed by atoms with van der Waals surface area (Å²) in [5.41, 5.74) is 1.83. The summed E-state index contributed by atoms with van der Waals surface area (Å²) in [6.07, 6.45) is 1.52. The smallest absolute Gasteiger partial charge is 0.267 e. The molecule has 0 saturated carbocycles. The fourth-order valence-electron chi connectivity index (χ4n) is 2.30. The number of furan rings is 1. The molecule has 128 valence electrons. The number of carbonyl (C=O) groups excluding carboxylic acids is 1. The molecule has 0 bridgehead atoms. The molecule has 1 amide bonds. The van der Waals surface area contributed by atoms with Gasteiger partial charge in [-0.3, -0.25) is 9.59 Å². The summed E-state index contributed by atoms with van der Waals surface area (Å²) in [6, 6.07) is 13.8. The van der Waals surface area contributed by atoms with E-state index in [2.05, 4.69) is 10.4 Å². The van der Waals surface area contributed by atoms with Gasteiger partial charge < -0.3 is 14.6 Å². The van der Waals surface area contributed by atoms with Gasteiger partial charge in [0.25, 0.3) is 5.56 Å². The average Bonchev–Trinajstić information content (AvgIpc) is 3.12. The predicted molar refractivity (Wildman–Crippen MR) is 95.6 cm³/mol. The maximum Gasteiger partial charge on any atom is 0.267 e. The first-order valence-corrected chi connectivity index (χ1v) is 7.72. The lowest BCUT2D eigenvalue weighted by molar-refractivity contribution is -0.117. The largest absolute Gasteiger partial charge is 0.463 e. The highest BCUT2D eigenvalue weighted by Crippen LogP contribution is 2.16. The van der Waals surface area contributed by atoms with Gasteiger partial charge in [0.05, 0.1) is 6.26 Å². The van der Waals surface area contributed by atoms with Gasteiger partial charge in [0.15, 0.2) is 5.76 Å². The normalized spacial score (nSPS) is 10.5. The van der Waals surface area contributed by atoms with Crippen LogP contribution < -0.4 is 15.8 Å². The molecule has 3 aromatic rings. The number of amides is 1. The molecular formula is C18H18N4O3. The lowest BCUT2D eigenvalue weighted by Crippen LogP contribution is -2.29. The van der Waals surface area contributed by atoms with Gasteiger partial charge in [0.1, 0.15) is 12.2 Å². The molecule has 0 saturated heterocycles. The molecule has 7 nitrogen and oxygen atoms in total. The number of anilines is 2. The number of aromatic nitrogens is 2. The van der Waals surface area contributed by atoms with Crippen LogP contribution in [0.1, 0.15) is 0 Å². The van der Waals surface area contributed by atoms with Crippen molar-refractivity contribution in [2.24, 2.45) is 0 Å². The third-order valence-electron chi connectivity index (χ3n) is 3.60. The van der Waals surface area contributed by atoms with Crippen molar-refractivity contribution in [2.45, 2.75) is 6.54 Å². The minimum atomic E-state index is -0.353. The molecule has 0 unspecified atom stereocenters. The number of nitrogens with zero attached hydrogens (tertiary/aromatic N) is 3. The van der Waals surface area contributed by atoms with Crippen molar-refractivity contribution in [1.29, 1.82) is 0 Å². The van der Waals surface area contributed by atoms with Gasteiger partial charge in [0, 0.05) is 31.5 Å². The quantitative estimate of drug-likeness (QED) is 0.771. The van der Waals surface area contributed by atoms with E-state index in [-0.39, 0.29) is 18.0 Å². The molecule has 3 rings (SSSR count). The Balaban J connectivity index is 1.72. The second-order valence-corrected chi connectivity index (χ2v) is 5.68. The van der Waals surface area contributed by atoms with E-state index >= 15 is 0 Å².